The largest absolute Gasteiger partial charge is 0.333 e. The molecule has 0 aliphatic heterocycles. The average Bonchev–Trinajstić information content (AvgIpc) is 3.07. The minimum atomic E-state index is -3.47. The number of hydrogen-bond acceptors (Lipinski definition) is 4. The van der Waals surface area contributed by atoms with Crippen LogP contribution in [0.5, 0.6) is 0 Å². The molecule has 2 N–H and O–H groups in total. The third-order valence-corrected chi connectivity index (χ3v) is 7.80. The van der Waals surface area contributed by atoms with Crippen LogP contribution in [0.15, 0.2) is 34.5 Å². The lowest BCUT2D eigenvalue weighted by atomic mass is 10.2. The van der Waals surface area contributed by atoms with Crippen LogP contribution >= 0.6 is 22.9 Å². The maximum atomic E-state index is 12.5. The second kappa shape index (κ2) is 8.85. The summed E-state index contributed by atoms with van der Waals surface area (Å²) in [6.45, 7) is 6.58. The Morgan fingerprint density at radius 1 is 1.19 bits per heavy atom. The molecule has 0 bridgehead atoms. The lowest BCUT2D eigenvalue weighted by molar-refractivity contribution is 0.252. The van der Waals surface area contributed by atoms with Gasteiger partial charge in [0.15, 0.2) is 0 Å². The van der Waals surface area contributed by atoms with Gasteiger partial charge in [0.1, 0.15) is 4.21 Å². The van der Waals surface area contributed by atoms with E-state index < -0.39 is 10.0 Å². The van der Waals surface area contributed by atoms with E-state index in [-0.39, 0.29) is 16.8 Å². The molecule has 1 heterocycles. The zero-order valence-electron chi connectivity index (χ0n) is 14.9. The van der Waals surface area contributed by atoms with Crippen molar-refractivity contribution in [1.82, 2.24) is 9.62 Å². The summed E-state index contributed by atoms with van der Waals surface area (Å²) in [5.74, 6) is 0. The normalized spacial score (nSPS) is 11.6. The van der Waals surface area contributed by atoms with Crippen LogP contribution in [-0.2, 0) is 16.6 Å². The molecular formula is C17H22ClN3O3S2. The quantitative estimate of drug-likeness (QED) is 0.715. The fourth-order valence-corrected chi connectivity index (χ4v) is 5.38. The predicted octanol–water partition coefficient (Wildman–Crippen LogP) is 4.06. The number of benzene rings is 1. The maximum Gasteiger partial charge on any atom is 0.319 e. The predicted molar refractivity (Wildman–Crippen MR) is 106 cm³/mol. The van der Waals surface area contributed by atoms with Crippen molar-refractivity contribution in [2.24, 2.45) is 0 Å². The fourth-order valence-electron chi connectivity index (χ4n) is 2.30. The Kier molecular flexibility index (Phi) is 7.05. The third-order valence-electron chi connectivity index (χ3n) is 3.79. The van der Waals surface area contributed by atoms with Crippen LogP contribution in [0.3, 0.4) is 0 Å². The first-order chi connectivity index (χ1) is 12.3. The van der Waals surface area contributed by atoms with Crippen LogP contribution in [0.2, 0.25) is 5.02 Å². The molecule has 0 fully saturated rings. The molecule has 0 saturated carbocycles. The molecule has 0 radical (unpaired) electrons. The number of sulfonamides is 1. The SMILES string of the molecule is CCN(CC)S(=O)(=O)c1ccc(CNC(=O)Nc2ccc(C)c(Cl)c2)s1. The van der Waals surface area contributed by atoms with E-state index in [0.717, 1.165) is 21.8 Å². The van der Waals surface area contributed by atoms with Gasteiger partial charge in [0.25, 0.3) is 10.0 Å². The van der Waals surface area contributed by atoms with Gasteiger partial charge in [0.05, 0.1) is 6.54 Å². The molecular weight excluding hydrogens is 394 g/mol. The number of amides is 2. The lowest BCUT2D eigenvalue weighted by Gasteiger charge is -2.16. The number of urea groups is 1. The maximum absolute atomic E-state index is 12.5. The van der Waals surface area contributed by atoms with Gasteiger partial charge in [-0.15, -0.1) is 11.3 Å². The van der Waals surface area contributed by atoms with E-state index in [1.807, 2.05) is 13.0 Å². The summed E-state index contributed by atoms with van der Waals surface area (Å²) >= 11 is 7.19. The van der Waals surface area contributed by atoms with Crippen molar-refractivity contribution in [3.05, 3.63) is 45.8 Å². The first-order valence-corrected chi connectivity index (χ1v) is 10.8. The third kappa shape index (κ3) is 4.97. The zero-order valence-corrected chi connectivity index (χ0v) is 17.3. The molecule has 0 spiro atoms. The van der Waals surface area contributed by atoms with Crippen LogP contribution < -0.4 is 10.6 Å². The number of thiophene rings is 1. The van der Waals surface area contributed by atoms with Crippen molar-refractivity contribution in [2.45, 2.75) is 31.5 Å². The molecule has 6 nitrogen and oxygen atoms in total. The van der Waals surface area contributed by atoms with Crippen molar-refractivity contribution in [3.63, 3.8) is 0 Å². The summed E-state index contributed by atoms with van der Waals surface area (Å²) in [6.07, 6.45) is 0. The minimum Gasteiger partial charge on any atom is -0.333 e. The second-order valence-corrected chi connectivity index (χ2v) is 9.32. The van der Waals surface area contributed by atoms with Gasteiger partial charge in [-0.1, -0.05) is 31.5 Å². The first-order valence-electron chi connectivity index (χ1n) is 8.17. The molecule has 1 aromatic heterocycles. The Morgan fingerprint density at radius 3 is 2.50 bits per heavy atom. The smallest absolute Gasteiger partial charge is 0.319 e. The molecule has 142 valence electrons. The number of nitrogens with one attached hydrogen (secondary N) is 2. The van der Waals surface area contributed by atoms with Crippen LogP contribution in [0.25, 0.3) is 0 Å². The highest BCUT2D eigenvalue weighted by Gasteiger charge is 2.23. The number of rotatable bonds is 7. The summed E-state index contributed by atoms with van der Waals surface area (Å²) in [7, 11) is -3.47. The number of aryl methyl sites for hydroxylation is 1. The van der Waals surface area contributed by atoms with E-state index in [1.54, 1.807) is 38.1 Å². The molecule has 0 atom stereocenters. The average molecular weight is 416 g/mol. The molecule has 2 amide bonds. The van der Waals surface area contributed by atoms with Crippen LogP contribution in [0, 0.1) is 6.92 Å². The number of anilines is 1. The van der Waals surface area contributed by atoms with Gasteiger partial charge < -0.3 is 10.6 Å². The van der Waals surface area contributed by atoms with Crippen LogP contribution in [0.4, 0.5) is 10.5 Å². The molecule has 0 aliphatic rings. The molecule has 0 aliphatic carbocycles. The van der Waals surface area contributed by atoms with E-state index in [2.05, 4.69) is 10.6 Å². The minimum absolute atomic E-state index is 0.240. The van der Waals surface area contributed by atoms with Crippen molar-refractivity contribution in [1.29, 1.82) is 0 Å². The molecule has 0 saturated heterocycles. The first kappa shape index (κ1) is 20.7. The van der Waals surface area contributed by atoms with Gasteiger partial charge in [0.2, 0.25) is 0 Å². The molecule has 0 unspecified atom stereocenters. The van der Waals surface area contributed by atoms with Crippen molar-refractivity contribution >= 4 is 44.7 Å². The number of carbonyl (C=O) groups is 1. The zero-order chi connectivity index (χ0) is 19.3. The van der Waals surface area contributed by atoms with Gasteiger partial charge in [-0.05, 0) is 36.8 Å². The van der Waals surface area contributed by atoms with Crippen molar-refractivity contribution in [3.8, 4) is 0 Å². The standard InChI is InChI=1S/C17H22ClN3O3S2/c1-4-21(5-2)26(23,24)16-9-8-14(25-16)11-19-17(22)20-13-7-6-12(3)15(18)10-13/h6-10H,4-5,11H2,1-3H3,(H2,19,20,22). The number of halogens is 1. The summed E-state index contributed by atoms with van der Waals surface area (Å²) < 4.78 is 26.6. The van der Waals surface area contributed by atoms with E-state index in [0.29, 0.717) is 23.8 Å². The molecule has 2 aromatic rings. The van der Waals surface area contributed by atoms with E-state index in [1.165, 1.54) is 4.31 Å². The Balaban J connectivity index is 1.97. The Labute approximate surface area is 163 Å². The summed E-state index contributed by atoms with van der Waals surface area (Å²) in [4.78, 5) is 12.8. The highest BCUT2D eigenvalue weighted by molar-refractivity contribution is 7.91. The Bertz CT molecular complexity index is 877. The van der Waals surface area contributed by atoms with Gasteiger partial charge in [-0.25, -0.2) is 13.2 Å². The molecule has 1 aromatic carbocycles. The van der Waals surface area contributed by atoms with E-state index in [9.17, 15) is 13.2 Å². The van der Waals surface area contributed by atoms with Gasteiger partial charge >= 0.3 is 6.03 Å². The number of hydrogen-bond donors (Lipinski definition) is 2. The lowest BCUT2D eigenvalue weighted by Crippen LogP contribution is -2.30. The molecule has 9 heteroatoms. The number of carbonyl (C=O) groups excluding carboxylic acids is 1. The number of nitrogens with zero attached hydrogens (tertiary/aromatic N) is 1. The monoisotopic (exact) mass is 415 g/mol. The fraction of sp³-hybridized carbons (Fsp3) is 0.353. The highest BCUT2D eigenvalue weighted by atomic mass is 35.5. The second-order valence-electron chi connectivity index (χ2n) is 5.58. The highest BCUT2D eigenvalue weighted by Crippen LogP contribution is 2.25. The summed E-state index contributed by atoms with van der Waals surface area (Å²) in [6, 6.07) is 8.17. The van der Waals surface area contributed by atoms with Gasteiger partial charge in [-0.2, -0.15) is 4.31 Å². The van der Waals surface area contributed by atoms with Crippen molar-refractivity contribution in [2.75, 3.05) is 18.4 Å². The van der Waals surface area contributed by atoms with E-state index >= 15 is 0 Å². The summed E-state index contributed by atoms with van der Waals surface area (Å²) in [5.41, 5.74) is 1.52. The van der Waals surface area contributed by atoms with Crippen LogP contribution in [-0.4, -0.2) is 31.8 Å². The Morgan fingerprint density at radius 2 is 1.88 bits per heavy atom. The summed E-state index contributed by atoms with van der Waals surface area (Å²) in [5, 5.41) is 5.99. The van der Waals surface area contributed by atoms with E-state index in [4.69, 9.17) is 11.6 Å². The molecule has 2 rings (SSSR count). The Hall–Kier alpha value is -1.61. The van der Waals surface area contributed by atoms with Crippen molar-refractivity contribution < 1.29 is 13.2 Å². The molecule has 26 heavy (non-hydrogen) atoms. The van der Waals surface area contributed by atoms with Gasteiger partial charge in [0, 0.05) is 28.7 Å². The van der Waals surface area contributed by atoms with Crippen LogP contribution in [0.1, 0.15) is 24.3 Å². The van der Waals surface area contributed by atoms with Gasteiger partial charge in [-0.3, -0.25) is 0 Å². The topological polar surface area (TPSA) is 78.5 Å².